The number of nitrogens with zero attached hydrogens (tertiary/aromatic N) is 1. The van der Waals surface area contributed by atoms with E-state index in [0.717, 1.165) is 32.5 Å². The van der Waals surface area contributed by atoms with E-state index in [0.29, 0.717) is 6.54 Å². The fourth-order valence-electron chi connectivity index (χ4n) is 3.09. The lowest BCUT2D eigenvalue weighted by atomic mass is 10.1. The van der Waals surface area contributed by atoms with Gasteiger partial charge in [-0.25, -0.2) is 0 Å². The van der Waals surface area contributed by atoms with Crippen LogP contribution in [0.3, 0.4) is 0 Å². The average molecular weight is 401 g/mol. The van der Waals surface area contributed by atoms with Crippen LogP contribution in [0.15, 0.2) is 40.9 Å². The number of nitrogens with one attached hydrogen (secondary N) is 1. The molecule has 1 saturated heterocycles. The molecule has 0 unspecified atom stereocenters. The van der Waals surface area contributed by atoms with Crippen molar-refractivity contribution in [2.24, 2.45) is 5.92 Å². The number of rotatable bonds is 3. The lowest BCUT2D eigenvalue weighted by Crippen LogP contribution is -2.28. The third-order valence-electron chi connectivity index (χ3n) is 4.58. The van der Waals surface area contributed by atoms with Gasteiger partial charge in [0, 0.05) is 28.8 Å². The zero-order valence-electron chi connectivity index (χ0n) is 14.6. The summed E-state index contributed by atoms with van der Waals surface area (Å²) in [4.78, 5) is 26.8. The van der Waals surface area contributed by atoms with Gasteiger partial charge in [-0.05, 0) is 61.7 Å². The molecular weight excluding hydrogens is 380 g/mol. The van der Waals surface area contributed by atoms with Crippen molar-refractivity contribution in [3.8, 4) is 0 Å². The third kappa shape index (κ3) is 3.76. The molecule has 1 fully saturated rings. The van der Waals surface area contributed by atoms with Crippen molar-refractivity contribution in [2.75, 3.05) is 16.8 Å². The molecule has 1 N–H and O–H groups in total. The van der Waals surface area contributed by atoms with Crippen LogP contribution in [0.4, 0.5) is 11.4 Å². The Balaban J connectivity index is 1.74. The number of anilines is 2. The Morgan fingerprint density at radius 3 is 2.60 bits per heavy atom. The second-order valence-electron chi connectivity index (χ2n) is 6.65. The molecule has 2 aromatic rings. The predicted octanol–water partition coefficient (Wildman–Crippen LogP) is 4.37. The monoisotopic (exact) mass is 400 g/mol. The first-order chi connectivity index (χ1) is 11.8. The molecule has 1 atom stereocenters. The summed E-state index contributed by atoms with van der Waals surface area (Å²) in [5.41, 5.74) is 4.86. The molecule has 25 heavy (non-hydrogen) atoms. The summed E-state index contributed by atoms with van der Waals surface area (Å²) in [5.74, 6) is -0.444. The molecule has 2 aromatic carbocycles. The Kier molecular flexibility index (Phi) is 4.95. The minimum Gasteiger partial charge on any atom is -0.326 e. The number of hydrogen-bond acceptors (Lipinski definition) is 2. The summed E-state index contributed by atoms with van der Waals surface area (Å²) in [6, 6.07) is 11.7. The highest BCUT2D eigenvalue weighted by atomic mass is 79.9. The van der Waals surface area contributed by atoms with Gasteiger partial charge in [0.15, 0.2) is 0 Å². The van der Waals surface area contributed by atoms with Gasteiger partial charge < -0.3 is 10.2 Å². The van der Waals surface area contributed by atoms with E-state index in [9.17, 15) is 9.59 Å². The summed E-state index contributed by atoms with van der Waals surface area (Å²) in [6.07, 6.45) is 0.245. The van der Waals surface area contributed by atoms with Crippen molar-refractivity contribution in [3.05, 3.63) is 57.6 Å². The van der Waals surface area contributed by atoms with Gasteiger partial charge in [0.05, 0.1) is 5.92 Å². The van der Waals surface area contributed by atoms with Crippen LogP contribution in [0.1, 0.15) is 23.1 Å². The normalized spacial score (nSPS) is 17.0. The molecule has 4 nitrogen and oxygen atoms in total. The molecule has 0 aliphatic carbocycles. The second-order valence-corrected chi connectivity index (χ2v) is 7.50. The first kappa shape index (κ1) is 17.7. The van der Waals surface area contributed by atoms with Crippen LogP contribution >= 0.6 is 15.9 Å². The number of carbonyl (C=O) groups is 2. The SMILES string of the molecule is Cc1ccc(C)c(N2C[C@H](C(=O)Nc3ccc(Br)c(C)c3)CC2=O)c1. The molecule has 0 bridgehead atoms. The Morgan fingerprint density at radius 1 is 1.12 bits per heavy atom. The van der Waals surface area contributed by atoms with Gasteiger partial charge in [-0.3, -0.25) is 9.59 Å². The molecule has 1 heterocycles. The molecule has 2 amide bonds. The average Bonchev–Trinajstić information content (AvgIpc) is 2.95. The second kappa shape index (κ2) is 7.00. The predicted molar refractivity (Wildman–Crippen MR) is 104 cm³/mol. The fourth-order valence-corrected chi connectivity index (χ4v) is 3.34. The number of benzene rings is 2. The standard InChI is InChI=1S/C20H21BrN2O2/c1-12-4-5-13(2)18(8-12)23-11-15(10-19(23)24)20(25)22-16-6-7-17(21)14(3)9-16/h4-9,15H,10-11H2,1-3H3,(H,22,25)/t15-/m1/s1. The highest BCUT2D eigenvalue weighted by molar-refractivity contribution is 9.10. The first-order valence-electron chi connectivity index (χ1n) is 8.30. The van der Waals surface area contributed by atoms with Crippen LogP contribution in [0.5, 0.6) is 0 Å². The molecule has 0 radical (unpaired) electrons. The van der Waals surface area contributed by atoms with E-state index < -0.39 is 0 Å². The molecule has 1 aliphatic heterocycles. The molecule has 0 aromatic heterocycles. The number of carbonyl (C=O) groups excluding carboxylic acids is 2. The zero-order chi connectivity index (χ0) is 18.1. The molecular formula is C20H21BrN2O2. The van der Waals surface area contributed by atoms with E-state index in [-0.39, 0.29) is 24.2 Å². The maximum Gasteiger partial charge on any atom is 0.229 e. The van der Waals surface area contributed by atoms with Crippen molar-refractivity contribution in [2.45, 2.75) is 27.2 Å². The molecule has 1 aliphatic rings. The van der Waals surface area contributed by atoms with E-state index in [2.05, 4.69) is 21.2 Å². The van der Waals surface area contributed by atoms with Gasteiger partial charge in [0.25, 0.3) is 0 Å². The number of amides is 2. The van der Waals surface area contributed by atoms with Crippen LogP contribution in [-0.4, -0.2) is 18.4 Å². The van der Waals surface area contributed by atoms with E-state index in [1.807, 2.05) is 57.2 Å². The lowest BCUT2D eigenvalue weighted by molar-refractivity contribution is -0.122. The highest BCUT2D eigenvalue weighted by Crippen LogP contribution is 2.29. The third-order valence-corrected chi connectivity index (χ3v) is 5.47. The topological polar surface area (TPSA) is 49.4 Å². The van der Waals surface area contributed by atoms with E-state index in [1.54, 1.807) is 4.90 Å². The van der Waals surface area contributed by atoms with Gasteiger partial charge >= 0.3 is 0 Å². The maximum absolute atomic E-state index is 12.6. The van der Waals surface area contributed by atoms with Crippen molar-refractivity contribution in [1.29, 1.82) is 0 Å². The fraction of sp³-hybridized carbons (Fsp3) is 0.300. The van der Waals surface area contributed by atoms with Crippen molar-refractivity contribution in [1.82, 2.24) is 0 Å². The van der Waals surface area contributed by atoms with Crippen LogP contribution < -0.4 is 10.2 Å². The summed E-state index contributed by atoms with van der Waals surface area (Å²) < 4.78 is 1.00. The summed E-state index contributed by atoms with van der Waals surface area (Å²) in [7, 11) is 0. The van der Waals surface area contributed by atoms with Crippen LogP contribution in [-0.2, 0) is 9.59 Å². The molecule has 3 rings (SSSR count). The van der Waals surface area contributed by atoms with E-state index in [4.69, 9.17) is 0 Å². The Hall–Kier alpha value is -2.14. The first-order valence-corrected chi connectivity index (χ1v) is 9.09. The van der Waals surface area contributed by atoms with Gasteiger partial charge in [0.2, 0.25) is 11.8 Å². The maximum atomic E-state index is 12.6. The van der Waals surface area contributed by atoms with E-state index >= 15 is 0 Å². The van der Waals surface area contributed by atoms with E-state index in [1.165, 1.54) is 0 Å². The smallest absolute Gasteiger partial charge is 0.229 e. The Labute approximate surface area is 156 Å². The quantitative estimate of drug-likeness (QED) is 0.831. The Morgan fingerprint density at radius 2 is 1.88 bits per heavy atom. The summed E-state index contributed by atoms with van der Waals surface area (Å²) >= 11 is 3.45. The minimum atomic E-state index is -0.337. The minimum absolute atomic E-state index is 0.000775. The summed E-state index contributed by atoms with van der Waals surface area (Å²) in [5, 5.41) is 2.93. The van der Waals surface area contributed by atoms with Crippen molar-refractivity contribution < 1.29 is 9.59 Å². The van der Waals surface area contributed by atoms with Crippen LogP contribution in [0.25, 0.3) is 0 Å². The molecule has 130 valence electrons. The van der Waals surface area contributed by atoms with Gasteiger partial charge in [-0.1, -0.05) is 28.1 Å². The lowest BCUT2D eigenvalue weighted by Gasteiger charge is -2.19. The highest BCUT2D eigenvalue weighted by Gasteiger charge is 2.35. The van der Waals surface area contributed by atoms with Gasteiger partial charge in [0.1, 0.15) is 0 Å². The number of halogens is 1. The largest absolute Gasteiger partial charge is 0.326 e. The van der Waals surface area contributed by atoms with Crippen molar-refractivity contribution in [3.63, 3.8) is 0 Å². The summed E-state index contributed by atoms with van der Waals surface area (Å²) in [6.45, 7) is 6.38. The van der Waals surface area contributed by atoms with Crippen LogP contribution in [0.2, 0.25) is 0 Å². The molecule has 0 spiro atoms. The Bertz CT molecular complexity index is 848. The molecule has 5 heteroatoms. The number of hydrogen-bond donors (Lipinski definition) is 1. The number of aryl methyl sites for hydroxylation is 3. The van der Waals surface area contributed by atoms with Gasteiger partial charge in [-0.2, -0.15) is 0 Å². The van der Waals surface area contributed by atoms with Gasteiger partial charge in [-0.15, -0.1) is 0 Å². The zero-order valence-corrected chi connectivity index (χ0v) is 16.2. The van der Waals surface area contributed by atoms with Crippen LogP contribution in [0, 0.1) is 26.7 Å². The molecule has 0 saturated carbocycles. The van der Waals surface area contributed by atoms with Crippen molar-refractivity contribution >= 4 is 39.1 Å².